The molecule has 2 amide bonds. The highest BCUT2D eigenvalue weighted by Crippen LogP contribution is 2.33. The highest BCUT2D eigenvalue weighted by molar-refractivity contribution is 5.75. The molecule has 1 aromatic carbocycles. The molecule has 5 atom stereocenters. The minimum absolute atomic E-state index is 0.0541. The molecule has 4 heterocycles. The molecule has 0 bridgehead atoms. The fourth-order valence-electron chi connectivity index (χ4n) is 5.02. The predicted octanol–water partition coefficient (Wildman–Crippen LogP) is 1.39. The van der Waals surface area contributed by atoms with Gasteiger partial charge in [0.25, 0.3) is 0 Å². The van der Waals surface area contributed by atoms with Gasteiger partial charge in [0.15, 0.2) is 0 Å². The summed E-state index contributed by atoms with van der Waals surface area (Å²) in [6.45, 7) is 3.24. The van der Waals surface area contributed by atoms with Gasteiger partial charge in [0.05, 0.1) is 12.1 Å². The second-order valence-corrected chi connectivity index (χ2v) is 8.28. The van der Waals surface area contributed by atoms with E-state index in [1.165, 1.54) is 11.1 Å². The molecule has 0 saturated carbocycles. The second-order valence-electron chi connectivity index (χ2n) is 8.28. The average Bonchev–Trinajstić information content (AvgIpc) is 3.41. The minimum atomic E-state index is 0.0541. The van der Waals surface area contributed by atoms with Crippen LogP contribution >= 0.6 is 0 Å². The summed E-state index contributed by atoms with van der Waals surface area (Å²) >= 11 is 0. The van der Waals surface area contributed by atoms with Crippen LogP contribution in [0.2, 0.25) is 0 Å². The van der Waals surface area contributed by atoms with Crippen LogP contribution in [0, 0.1) is 5.92 Å². The van der Waals surface area contributed by atoms with Gasteiger partial charge in [-0.1, -0.05) is 30.3 Å². The van der Waals surface area contributed by atoms with Crippen molar-refractivity contribution in [2.75, 3.05) is 26.2 Å². The Morgan fingerprint density at radius 1 is 1.03 bits per heavy atom. The summed E-state index contributed by atoms with van der Waals surface area (Å²) in [6, 6.07) is 15.3. The number of rotatable bonds is 3. The summed E-state index contributed by atoms with van der Waals surface area (Å²) in [7, 11) is 0. The van der Waals surface area contributed by atoms with Crippen LogP contribution in [-0.4, -0.2) is 54.2 Å². The first-order valence-electron chi connectivity index (χ1n) is 10.5. The number of nitrogens with one attached hydrogen (secondary N) is 4. The van der Waals surface area contributed by atoms with E-state index < -0.39 is 0 Å². The first kappa shape index (κ1) is 18.5. The van der Waals surface area contributed by atoms with Crippen LogP contribution in [0.25, 0.3) is 0 Å². The van der Waals surface area contributed by atoms with Crippen LogP contribution in [0.15, 0.2) is 54.9 Å². The first-order valence-corrected chi connectivity index (χ1v) is 10.5. The molecule has 2 aromatic rings. The Kier molecular flexibility index (Phi) is 5.18. The van der Waals surface area contributed by atoms with E-state index in [-0.39, 0.29) is 18.1 Å². The van der Waals surface area contributed by atoms with Crippen molar-refractivity contribution in [3.8, 4) is 0 Å². The number of piperidine rings is 1. The molecule has 3 aliphatic heterocycles. The maximum atomic E-state index is 13.1. The van der Waals surface area contributed by atoms with E-state index in [2.05, 4.69) is 62.9 Å². The Balaban J connectivity index is 1.25. The number of benzene rings is 1. The number of aromatic nitrogens is 1. The van der Waals surface area contributed by atoms with E-state index in [4.69, 9.17) is 0 Å². The number of carbonyl (C=O) groups excluding carboxylic acids is 1. The molecule has 3 unspecified atom stereocenters. The molecule has 152 valence electrons. The van der Waals surface area contributed by atoms with E-state index in [0.717, 1.165) is 32.6 Å². The third-order valence-electron chi connectivity index (χ3n) is 6.61. The molecule has 0 spiro atoms. The lowest BCUT2D eigenvalue weighted by atomic mass is 9.85. The van der Waals surface area contributed by atoms with Gasteiger partial charge in [-0.05, 0) is 29.7 Å². The third kappa shape index (κ3) is 3.73. The first-order chi connectivity index (χ1) is 14.3. The molecule has 29 heavy (non-hydrogen) atoms. The van der Waals surface area contributed by atoms with Gasteiger partial charge in [0.2, 0.25) is 0 Å². The van der Waals surface area contributed by atoms with Crippen molar-refractivity contribution in [1.29, 1.82) is 0 Å². The lowest BCUT2D eigenvalue weighted by molar-refractivity contribution is 0.152. The van der Waals surface area contributed by atoms with Crippen molar-refractivity contribution in [3.63, 3.8) is 0 Å². The van der Waals surface area contributed by atoms with Crippen molar-refractivity contribution in [2.24, 2.45) is 5.92 Å². The summed E-state index contributed by atoms with van der Waals surface area (Å²) in [5.74, 6) is 0.667. The summed E-state index contributed by atoms with van der Waals surface area (Å²) in [5, 5.41) is 6.74. The standard InChI is InChI=1S/C22H28N6O/c29-22(25-20-13-24-12-17(20)15-4-2-1-3-5-15)28-11-8-19-18(14-28)21(27-26-19)16-6-9-23-10-7-16/h1-7,9-10,17-21,24,26-27H,8,11-14H2,(H,25,29)/t17-,18?,19?,20+,21?/m1/s1. The number of nitrogens with zero attached hydrogens (tertiary/aromatic N) is 2. The van der Waals surface area contributed by atoms with Gasteiger partial charge in [-0.3, -0.25) is 10.4 Å². The normalized spacial score (nSPS) is 31.4. The van der Waals surface area contributed by atoms with Gasteiger partial charge in [0.1, 0.15) is 0 Å². The number of pyridine rings is 1. The van der Waals surface area contributed by atoms with E-state index in [9.17, 15) is 4.79 Å². The quantitative estimate of drug-likeness (QED) is 0.635. The Hall–Kier alpha value is -2.48. The lowest BCUT2D eigenvalue weighted by Gasteiger charge is -2.37. The van der Waals surface area contributed by atoms with Crippen LogP contribution in [-0.2, 0) is 0 Å². The minimum Gasteiger partial charge on any atom is -0.333 e. The molecule has 3 aliphatic rings. The topological polar surface area (TPSA) is 81.3 Å². The molecule has 0 radical (unpaired) electrons. The average molecular weight is 393 g/mol. The van der Waals surface area contributed by atoms with Crippen LogP contribution < -0.4 is 21.5 Å². The molecule has 3 fully saturated rings. The van der Waals surface area contributed by atoms with Gasteiger partial charge >= 0.3 is 6.03 Å². The van der Waals surface area contributed by atoms with E-state index >= 15 is 0 Å². The fourth-order valence-corrected chi connectivity index (χ4v) is 5.02. The molecule has 3 saturated heterocycles. The lowest BCUT2D eigenvalue weighted by Crippen LogP contribution is -2.53. The maximum Gasteiger partial charge on any atom is 0.317 e. The van der Waals surface area contributed by atoms with Crippen LogP contribution in [0.3, 0.4) is 0 Å². The molecule has 4 N–H and O–H groups in total. The Morgan fingerprint density at radius 2 is 1.86 bits per heavy atom. The number of hydrazine groups is 1. The van der Waals surface area contributed by atoms with Crippen molar-refractivity contribution < 1.29 is 4.79 Å². The van der Waals surface area contributed by atoms with E-state index in [1.807, 2.05) is 23.4 Å². The number of urea groups is 1. The van der Waals surface area contributed by atoms with Crippen LogP contribution in [0.1, 0.15) is 29.5 Å². The SMILES string of the molecule is O=C(N[C@H]1CNC[C@@H]1c1ccccc1)N1CCC2NNC(c3ccncc3)C2C1. The fraction of sp³-hybridized carbons (Fsp3) is 0.455. The predicted molar refractivity (Wildman–Crippen MR) is 111 cm³/mol. The molecule has 7 heteroatoms. The number of hydrogen-bond acceptors (Lipinski definition) is 5. The summed E-state index contributed by atoms with van der Waals surface area (Å²) in [4.78, 5) is 19.2. The second kappa shape index (κ2) is 8.10. The van der Waals surface area contributed by atoms with Gasteiger partial charge in [-0.25, -0.2) is 10.2 Å². The summed E-state index contributed by atoms with van der Waals surface area (Å²) in [6.07, 6.45) is 4.61. The van der Waals surface area contributed by atoms with Gasteiger partial charge in [-0.2, -0.15) is 0 Å². The molecule has 0 aliphatic carbocycles. The van der Waals surface area contributed by atoms with Crippen molar-refractivity contribution in [3.05, 3.63) is 66.0 Å². The number of carbonyl (C=O) groups is 1. The zero-order valence-electron chi connectivity index (χ0n) is 16.4. The maximum absolute atomic E-state index is 13.1. The highest BCUT2D eigenvalue weighted by Gasteiger charge is 2.42. The number of amides is 2. The smallest absolute Gasteiger partial charge is 0.317 e. The number of hydrogen-bond donors (Lipinski definition) is 4. The monoisotopic (exact) mass is 392 g/mol. The molecular formula is C22H28N6O. The molecular weight excluding hydrogens is 364 g/mol. The molecule has 5 rings (SSSR count). The van der Waals surface area contributed by atoms with Gasteiger partial charge in [-0.15, -0.1) is 0 Å². The highest BCUT2D eigenvalue weighted by atomic mass is 16.2. The van der Waals surface area contributed by atoms with E-state index in [0.29, 0.717) is 17.9 Å². The third-order valence-corrected chi connectivity index (χ3v) is 6.61. The summed E-state index contributed by atoms with van der Waals surface area (Å²) in [5.41, 5.74) is 9.35. The van der Waals surface area contributed by atoms with Crippen molar-refractivity contribution in [2.45, 2.75) is 30.5 Å². The van der Waals surface area contributed by atoms with Crippen LogP contribution in [0.5, 0.6) is 0 Å². The Bertz CT molecular complexity index is 832. The zero-order valence-corrected chi connectivity index (χ0v) is 16.4. The van der Waals surface area contributed by atoms with Crippen molar-refractivity contribution in [1.82, 2.24) is 31.4 Å². The molecule has 1 aromatic heterocycles. The zero-order chi connectivity index (χ0) is 19.6. The summed E-state index contributed by atoms with van der Waals surface area (Å²) < 4.78 is 0. The Labute approximate surface area is 171 Å². The number of likely N-dealkylation sites (tertiary alicyclic amines) is 1. The van der Waals surface area contributed by atoms with Gasteiger partial charge < -0.3 is 15.5 Å². The molecule has 7 nitrogen and oxygen atoms in total. The van der Waals surface area contributed by atoms with Crippen LogP contribution in [0.4, 0.5) is 4.79 Å². The van der Waals surface area contributed by atoms with Gasteiger partial charge in [0, 0.05) is 56.5 Å². The van der Waals surface area contributed by atoms with E-state index in [1.54, 1.807) is 0 Å². The largest absolute Gasteiger partial charge is 0.333 e. The number of fused-ring (bicyclic) bond motifs is 1. The Morgan fingerprint density at radius 3 is 2.69 bits per heavy atom. The van der Waals surface area contributed by atoms with Crippen molar-refractivity contribution >= 4 is 6.03 Å².